The van der Waals surface area contributed by atoms with E-state index in [2.05, 4.69) is 20.2 Å². The summed E-state index contributed by atoms with van der Waals surface area (Å²) < 4.78 is 15.2. The molecule has 2 N–H and O–H groups in total. The molecule has 0 unspecified atom stereocenters. The van der Waals surface area contributed by atoms with Crippen LogP contribution in [0.5, 0.6) is 0 Å². The number of halogens is 1. The number of piperidine rings is 1. The van der Waals surface area contributed by atoms with Gasteiger partial charge in [0.1, 0.15) is 11.5 Å². The normalized spacial score (nSPS) is 15.7. The van der Waals surface area contributed by atoms with Crippen molar-refractivity contribution in [2.45, 2.75) is 18.4 Å². The number of nitrogens with one attached hydrogen (secondary N) is 2. The number of hydrogen-bond donors (Lipinski definition) is 2. The van der Waals surface area contributed by atoms with Crippen molar-refractivity contribution in [1.82, 2.24) is 24.6 Å². The second kappa shape index (κ2) is 8.97. The number of H-pyrrole nitrogens is 1. The summed E-state index contributed by atoms with van der Waals surface area (Å²) in [5.41, 5.74) is 1.63. The second-order valence-corrected chi connectivity index (χ2v) is 9.76. The minimum Gasteiger partial charge on any atom is -0.341 e. The van der Waals surface area contributed by atoms with E-state index in [1.54, 1.807) is 28.9 Å². The van der Waals surface area contributed by atoms with Crippen molar-refractivity contribution in [2.75, 3.05) is 20.1 Å². The first-order chi connectivity index (χ1) is 17.9. The Morgan fingerprint density at radius 1 is 1.00 bits per heavy atom. The number of likely N-dealkylation sites (tertiary alicyclic amines) is 1. The van der Waals surface area contributed by atoms with E-state index in [4.69, 9.17) is 0 Å². The molecule has 0 saturated carbocycles. The van der Waals surface area contributed by atoms with E-state index in [1.165, 1.54) is 12.1 Å². The maximum absolute atomic E-state index is 13.6. The van der Waals surface area contributed by atoms with E-state index < -0.39 is 5.54 Å². The molecule has 3 aromatic carbocycles. The summed E-state index contributed by atoms with van der Waals surface area (Å²) in [6.07, 6.45) is 4.72. The molecule has 1 amide bonds. The van der Waals surface area contributed by atoms with Gasteiger partial charge in [0.25, 0.3) is 11.5 Å². The predicted octanol–water partition coefficient (Wildman–Crippen LogP) is 4.33. The molecular weight excluding hydrogens is 469 g/mol. The molecule has 1 fully saturated rings. The Kier molecular flexibility index (Phi) is 5.61. The lowest BCUT2D eigenvalue weighted by Crippen LogP contribution is -2.52. The van der Waals surface area contributed by atoms with Gasteiger partial charge in [-0.3, -0.25) is 14.0 Å². The molecule has 1 aliphatic heterocycles. The molecule has 8 heteroatoms. The summed E-state index contributed by atoms with van der Waals surface area (Å²) in [4.78, 5) is 35.8. The molecule has 5 aromatic rings. The van der Waals surface area contributed by atoms with Crippen molar-refractivity contribution >= 4 is 22.3 Å². The summed E-state index contributed by atoms with van der Waals surface area (Å²) >= 11 is 0. The number of nitrogens with zero attached hydrogens (tertiary/aromatic N) is 3. The van der Waals surface area contributed by atoms with Crippen LogP contribution in [0.3, 0.4) is 0 Å². The lowest BCUT2D eigenvalue weighted by atomic mass is 9.80. The smallest absolute Gasteiger partial charge is 0.292 e. The fourth-order valence-corrected chi connectivity index (χ4v) is 5.16. The maximum atomic E-state index is 13.6. The minimum atomic E-state index is -0.643. The van der Waals surface area contributed by atoms with E-state index >= 15 is 0 Å². The Hall–Kier alpha value is -4.30. The monoisotopic (exact) mass is 495 g/mol. The van der Waals surface area contributed by atoms with Crippen LogP contribution in [0.15, 0.2) is 83.9 Å². The van der Waals surface area contributed by atoms with Crippen molar-refractivity contribution in [2.24, 2.45) is 0 Å². The van der Waals surface area contributed by atoms with Crippen molar-refractivity contribution in [1.29, 1.82) is 0 Å². The second-order valence-electron chi connectivity index (χ2n) is 9.76. The quantitative estimate of drug-likeness (QED) is 0.389. The first-order valence-corrected chi connectivity index (χ1v) is 12.3. The first kappa shape index (κ1) is 23.1. The molecule has 0 bridgehead atoms. The topological polar surface area (TPSA) is 82.5 Å². The Balaban J connectivity index is 1.34. The van der Waals surface area contributed by atoms with Crippen LogP contribution in [-0.4, -0.2) is 45.3 Å². The summed E-state index contributed by atoms with van der Waals surface area (Å²) in [6.45, 7) is 1.58. The molecular formula is C29H26FN5O2. The van der Waals surface area contributed by atoms with Crippen LogP contribution in [0, 0.1) is 5.82 Å². The van der Waals surface area contributed by atoms with Gasteiger partial charge in [-0.1, -0.05) is 48.5 Å². The zero-order valence-electron chi connectivity index (χ0n) is 20.4. The van der Waals surface area contributed by atoms with Gasteiger partial charge in [0.05, 0.1) is 11.2 Å². The Bertz CT molecular complexity index is 1680. The molecule has 0 radical (unpaired) electrons. The number of carbonyl (C=O) groups excluding carboxylic acids is 1. The van der Waals surface area contributed by atoms with Gasteiger partial charge < -0.3 is 15.2 Å². The molecule has 0 aliphatic carbocycles. The summed E-state index contributed by atoms with van der Waals surface area (Å²) in [5, 5.41) is 5.35. The molecule has 37 heavy (non-hydrogen) atoms. The fraction of sp³-hybridized carbons (Fsp3) is 0.207. The molecule has 7 nitrogen and oxygen atoms in total. The highest BCUT2D eigenvalue weighted by molar-refractivity contribution is 5.93. The highest BCUT2D eigenvalue weighted by atomic mass is 19.1. The van der Waals surface area contributed by atoms with Crippen LogP contribution in [0.25, 0.3) is 27.7 Å². The molecule has 1 aliphatic rings. The molecule has 3 heterocycles. The maximum Gasteiger partial charge on any atom is 0.292 e. The number of carbonyl (C=O) groups is 1. The number of rotatable bonds is 4. The van der Waals surface area contributed by atoms with Crippen molar-refractivity contribution in [3.63, 3.8) is 0 Å². The number of aromatic nitrogens is 3. The largest absolute Gasteiger partial charge is 0.341 e. The van der Waals surface area contributed by atoms with Gasteiger partial charge in [-0.15, -0.1) is 0 Å². The number of amides is 1. The van der Waals surface area contributed by atoms with E-state index in [-0.39, 0.29) is 28.6 Å². The van der Waals surface area contributed by atoms with Gasteiger partial charge in [0.2, 0.25) is 5.65 Å². The Labute approximate surface area is 212 Å². The third-order valence-electron chi connectivity index (χ3n) is 7.34. The summed E-state index contributed by atoms with van der Waals surface area (Å²) in [6, 6.07) is 20.3. The lowest BCUT2D eigenvalue weighted by molar-refractivity contribution is 0.0821. The van der Waals surface area contributed by atoms with Gasteiger partial charge in [0, 0.05) is 31.0 Å². The molecule has 0 atom stereocenters. The molecule has 0 spiro atoms. The highest BCUT2D eigenvalue weighted by Gasteiger charge is 2.37. The average molecular weight is 496 g/mol. The molecule has 186 valence electrons. The summed E-state index contributed by atoms with van der Waals surface area (Å²) in [5.74, 6) is -0.691. The fourth-order valence-electron chi connectivity index (χ4n) is 5.16. The third kappa shape index (κ3) is 4.29. The zero-order valence-corrected chi connectivity index (χ0v) is 20.4. The van der Waals surface area contributed by atoms with Gasteiger partial charge in [0.15, 0.2) is 0 Å². The van der Waals surface area contributed by atoms with Gasteiger partial charge in [-0.25, -0.2) is 9.37 Å². The van der Waals surface area contributed by atoms with Crippen LogP contribution in [0.4, 0.5) is 4.39 Å². The molecule has 6 rings (SSSR count). The van der Waals surface area contributed by atoms with Gasteiger partial charge in [-0.05, 0) is 54.4 Å². The zero-order chi connectivity index (χ0) is 25.6. The summed E-state index contributed by atoms with van der Waals surface area (Å²) in [7, 11) is 2.04. The number of aromatic amines is 1. The first-order valence-electron chi connectivity index (χ1n) is 12.3. The number of imidazole rings is 1. The van der Waals surface area contributed by atoms with Crippen molar-refractivity contribution in [3.05, 3.63) is 107 Å². The van der Waals surface area contributed by atoms with Gasteiger partial charge >= 0.3 is 0 Å². The molecule has 1 saturated heterocycles. The van der Waals surface area contributed by atoms with Crippen molar-refractivity contribution in [3.8, 4) is 11.3 Å². The van der Waals surface area contributed by atoms with Crippen LogP contribution < -0.4 is 10.9 Å². The lowest BCUT2D eigenvalue weighted by Gasteiger charge is -2.41. The standard InChI is InChI=1S/C29H26FN5O2/c1-34-14-12-29(13-15-34,22-8-10-23(30)11-9-22)33-27(36)25-18-35-17-24(32-28(37)26(35)31-25)21-7-6-19-4-2-3-5-20(19)16-21/h2-11,16-18H,12-15H2,1H3,(H,32,37)(H,33,36). The van der Waals surface area contributed by atoms with Gasteiger partial charge in [-0.2, -0.15) is 0 Å². The van der Waals surface area contributed by atoms with Crippen LogP contribution in [-0.2, 0) is 5.54 Å². The van der Waals surface area contributed by atoms with E-state index in [0.717, 1.165) is 35.0 Å². The Morgan fingerprint density at radius 3 is 2.49 bits per heavy atom. The number of hydrogen-bond acceptors (Lipinski definition) is 4. The number of fused-ring (bicyclic) bond motifs is 2. The predicted molar refractivity (Wildman–Crippen MR) is 141 cm³/mol. The van der Waals surface area contributed by atoms with E-state index in [1.807, 2.05) is 49.5 Å². The third-order valence-corrected chi connectivity index (χ3v) is 7.34. The van der Waals surface area contributed by atoms with Crippen LogP contribution >= 0.6 is 0 Å². The minimum absolute atomic E-state index is 0.147. The van der Waals surface area contributed by atoms with E-state index in [0.29, 0.717) is 18.5 Å². The van der Waals surface area contributed by atoms with Crippen LogP contribution in [0.2, 0.25) is 0 Å². The van der Waals surface area contributed by atoms with E-state index in [9.17, 15) is 14.0 Å². The number of benzene rings is 3. The van der Waals surface area contributed by atoms with Crippen molar-refractivity contribution < 1.29 is 9.18 Å². The van der Waals surface area contributed by atoms with Crippen LogP contribution in [0.1, 0.15) is 28.9 Å². The molecule has 2 aromatic heterocycles. The average Bonchev–Trinajstić information content (AvgIpc) is 3.36. The highest BCUT2D eigenvalue weighted by Crippen LogP contribution is 2.33. The Morgan fingerprint density at radius 2 is 1.73 bits per heavy atom. The SMILES string of the molecule is CN1CCC(NC(=O)c2cn3cc(-c4ccc5ccccc5c4)[nH]c(=O)c3n2)(c2ccc(F)cc2)CC1.